The first kappa shape index (κ1) is 27.9. The highest BCUT2D eigenvalue weighted by Crippen LogP contribution is 2.28. The van der Waals surface area contributed by atoms with Gasteiger partial charge in [0.15, 0.2) is 0 Å². The van der Waals surface area contributed by atoms with Gasteiger partial charge in [0.1, 0.15) is 12.6 Å². The first-order chi connectivity index (χ1) is 17.6. The standard InChI is InChI=1S/C29H35N3O4S/c1-5-30-29(34)24(4)31(19-18-25-12-8-6-9-13-25)28(33)21-32(27-17-16-22(2)20-23(27)3)37(35,36)26-14-10-7-11-15-26/h6-17,20,24H,5,18-19,21H2,1-4H3,(H,30,34)/t24-/m0/s1. The van der Waals surface area contributed by atoms with Gasteiger partial charge in [-0.25, -0.2) is 8.42 Å². The highest BCUT2D eigenvalue weighted by Gasteiger charge is 2.32. The average Bonchev–Trinajstić information content (AvgIpc) is 2.89. The smallest absolute Gasteiger partial charge is 0.264 e. The molecule has 0 heterocycles. The van der Waals surface area contributed by atoms with E-state index in [4.69, 9.17) is 0 Å². The molecule has 0 aliphatic carbocycles. The second kappa shape index (κ2) is 12.5. The maximum absolute atomic E-state index is 13.8. The first-order valence-electron chi connectivity index (χ1n) is 12.4. The molecule has 2 amide bonds. The van der Waals surface area contributed by atoms with Crippen molar-refractivity contribution in [1.82, 2.24) is 10.2 Å². The van der Waals surface area contributed by atoms with Crippen LogP contribution in [-0.4, -0.2) is 50.8 Å². The van der Waals surface area contributed by atoms with Gasteiger partial charge >= 0.3 is 0 Å². The lowest BCUT2D eigenvalue weighted by molar-refractivity contribution is -0.138. The van der Waals surface area contributed by atoms with E-state index in [-0.39, 0.29) is 17.3 Å². The summed E-state index contributed by atoms with van der Waals surface area (Å²) in [7, 11) is -4.06. The third-order valence-electron chi connectivity index (χ3n) is 6.23. The quantitative estimate of drug-likeness (QED) is 0.412. The molecule has 0 bridgehead atoms. The summed E-state index contributed by atoms with van der Waals surface area (Å²) < 4.78 is 28.7. The first-order valence-corrected chi connectivity index (χ1v) is 13.8. The highest BCUT2D eigenvalue weighted by molar-refractivity contribution is 7.92. The molecule has 0 radical (unpaired) electrons. The van der Waals surface area contributed by atoms with Crippen molar-refractivity contribution in [2.75, 3.05) is 23.9 Å². The molecule has 0 spiro atoms. The summed E-state index contributed by atoms with van der Waals surface area (Å²) >= 11 is 0. The Kier molecular flexibility index (Phi) is 9.47. The molecular weight excluding hydrogens is 486 g/mol. The molecular formula is C29H35N3O4S. The van der Waals surface area contributed by atoms with Crippen molar-refractivity contribution in [2.24, 2.45) is 0 Å². The number of carbonyl (C=O) groups excluding carboxylic acids is 2. The van der Waals surface area contributed by atoms with E-state index in [0.717, 1.165) is 21.0 Å². The Morgan fingerprint density at radius 3 is 2.14 bits per heavy atom. The van der Waals surface area contributed by atoms with Crippen LogP contribution in [0.2, 0.25) is 0 Å². The van der Waals surface area contributed by atoms with Crippen LogP contribution in [0.3, 0.4) is 0 Å². The zero-order valence-electron chi connectivity index (χ0n) is 21.8. The summed E-state index contributed by atoms with van der Waals surface area (Å²) in [5, 5.41) is 2.77. The molecule has 3 rings (SSSR count). The van der Waals surface area contributed by atoms with Gasteiger partial charge in [0.2, 0.25) is 11.8 Å². The Morgan fingerprint density at radius 1 is 0.919 bits per heavy atom. The number of anilines is 1. The number of rotatable bonds is 11. The Labute approximate surface area is 220 Å². The van der Waals surface area contributed by atoms with Gasteiger partial charge in [0, 0.05) is 13.1 Å². The normalized spacial score (nSPS) is 12.0. The van der Waals surface area contributed by atoms with Crippen LogP contribution in [0.15, 0.2) is 83.8 Å². The molecule has 0 aliphatic heterocycles. The number of benzene rings is 3. The summed E-state index contributed by atoms with van der Waals surface area (Å²) in [6.45, 7) is 7.51. The Balaban J connectivity index is 1.99. The van der Waals surface area contributed by atoms with Gasteiger partial charge in [-0.3, -0.25) is 13.9 Å². The van der Waals surface area contributed by atoms with Crippen molar-refractivity contribution in [3.63, 3.8) is 0 Å². The molecule has 37 heavy (non-hydrogen) atoms. The Morgan fingerprint density at radius 2 is 1.54 bits per heavy atom. The van der Waals surface area contributed by atoms with Crippen molar-refractivity contribution < 1.29 is 18.0 Å². The molecule has 1 N–H and O–H groups in total. The summed E-state index contributed by atoms with van der Waals surface area (Å²) in [5.74, 6) is -0.734. The molecule has 196 valence electrons. The van der Waals surface area contributed by atoms with E-state index >= 15 is 0 Å². The number of aryl methyl sites for hydroxylation is 2. The predicted molar refractivity (Wildman–Crippen MR) is 147 cm³/mol. The van der Waals surface area contributed by atoms with E-state index in [1.807, 2.05) is 63.2 Å². The van der Waals surface area contributed by atoms with Crippen LogP contribution >= 0.6 is 0 Å². The Hall–Kier alpha value is -3.65. The fourth-order valence-electron chi connectivity index (χ4n) is 4.21. The molecule has 0 aliphatic rings. The van der Waals surface area contributed by atoms with Gasteiger partial charge in [-0.05, 0) is 63.4 Å². The van der Waals surface area contributed by atoms with E-state index in [0.29, 0.717) is 18.7 Å². The second-order valence-electron chi connectivity index (χ2n) is 9.01. The van der Waals surface area contributed by atoms with E-state index in [9.17, 15) is 18.0 Å². The van der Waals surface area contributed by atoms with Crippen LogP contribution in [0.5, 0.6) is 0 Å². The van der Waals surface area contributed by atoms with Crippen LogP contribution in [-0.2, 0) is 26.0 Å². The number of likely N-dealkylation sites (N-methyl/N-ethyl adjacent to an activating group) is 1. The summed E-state index contributed by atoms with van der Waals surface area (Å²) in [4.78, 5) is 28.1. The minimum absolute atomic E-state index is 0.0929. The number of sulfonamides is 1. The molecule has 0 unspecified atom stereocenters. The van der Waals surface area contributed by atoms with Gasteiger partial charge in [-0.1, -0.05) is 66.2 Å². The van der Waals surface area contributed by atoms with Crippen molar-refractivity contribution in [3.8, 4) is 0 Å². The van der Waals surface area contributed by atoms with E-state index in [2.05, 4.69) is 5.32 Å². The number of carbonyl (C=O) groups is 2. The molecule has 7 nitrogen and oxygen atoms in total. The molecule has 0 saturated heterocycles. The van der Waals surface area contributed by atoms with E-state index < -0.39 is 28.5 Å². The molecule has 0 aromatic heterocycles. The highest BCUT2D eigenvalue weighted by atomic mass is 32.2. The molecule has 0 saturated carbocycles. The molecule has 3 aromatic carbocycles. The van der Waals surface area contributed by atoms with Crippen LogP contribution in [0, 0.1) is 13.8 Å². The van der Waals surface area contributed by atoms with Gasteiger partial charge in [0.05, 0.1) is 10.6 Å². The number of hydrogen-bond donors (Lipinski definition) is 1. The van der Waals surface area contributed by atoms with E-state index in [1.165, 1.54) is 17.0 Å². The lowest BCUT2D eigenvalue weighted by Crippen LogP contribution is -2.52. The predicted octanol–water partition coefficient (Wildman–Crippen LogP) is 4.09. The van der Waals surface area contributed by atoms with Crippen molar-refractivity contribution >= 4 is 27.5 Å². The minimum atomic E-state index is -4.06. The maximum Gasteiger partial charge on any atom is 0.264 e. The summed E-state index contributed by atoms with van der Waals surface area (Å²) in [6, 6.07) is 22.4. The lowest BCUT2D eigenvalue weighted by atomic mass is 10.1. The van der Waals surface area contributed by atoms with Gasteiger partial charge < -0.3 is 10.2 Å². The van der Waals surface area contributed by atoms with E-state index in [1.54, 1.807) is 31.2 Å². The number of amides is 2. The third-order valence-corrected chi connectivity index (χ3v) is 8.01. The van der Waals surface area contributed by atoms with Crippen LogP contribution < -0.4 is 9.62 Å². The van der Waals surface area contributed by atoms with Crippen LogP contribution in [0.1, 0.15) is 30.5 Å². The zero-order valence-corrected chi connectivity index (χ0v) is 22.7. The number of hydrogen-bond acceptors (Lipinski definition) is 4. The van der Waals surface area contributed by atoms with Crippen LogP contribution in [0.4, 0.5) is 5.69 Å². The topological polar surface area (TPSA) is 86.8 Å². The molecule has 3 aromatic rings. The van der Waals surface area contributed by atoms with Gasteiger partial charge in [0.25, 0.3) is 10.0 Å². The average molecular weight is 522 g/mol. The van der Waals surface area contributed by atoms with Crippen molar-refractivity contribution in [3.05, 3.63) is 95.6 Å². The van der Waals surface area contributed by atoms with Gasteiger partial charge in [-0.15, -0.1) is 0 Å². The maximum atomic E-state index is 13.8. The fraction of sp³-hybridized carbons (Fsp3) is 0.310. The lowest BCUT2D eigenvalue weighted by Gasteiger charge is -2.32. The van der Waals surface area contributed by atoms with Gasteiger partial charge in [-0.2, -0.15) is 0 Å². The SMILES string of the molecule is CCNC(=O)[C@H](C)N(CCc1ccccc1)C(=O)CN(c1ccc(C)cc1C)S(=O)(=O)c1ccccc1. The number of nitrogens with zero attached hydrogens (tertiary/aromatic N) is 2. The Bertz CT molecular complexity index is 1310. The summed E-state index contributed by atoms with van der Waals surface area (Å²) in [5.41, 5.74) is 3.17. The molecule has 0 fully saturated rings. The zero-order chi connectivity index (χ0) is 27.0. The largest absolute Gasteiger partial charge is 0.355 e. The summed E-state index contributed by atoms with van der Waals surface area (Å²) in [6.07, 6.45) is 0.533. The number of nitrogens with one attached hydrogen (secondary N) is 1. The third kappa shape index (κ3) is 6.98. The van der Waals surface area contributed by atoms with Crippen molar-refractivity contribution in [1.29, 1.82) is 0 Å². The fourth-order valence-corrected chi connectivity index (χ4v) is 5.71. The van der Waals surface area contributed by atoms with Crippen LogP contribution in [0.25, 0.3) is 0 Å². The molecule has 1 atom stereocenters. The second-order valence-corrected chi connectivity index (χ2v) is 10.9. The minimum Gasteiger partial charge on any atom is -0.355 e. The van der Waals surface area contributed by atoms with Crippen molar-refractivity contribution in [2.45, 2.75) is 45.1 Å². The monoisotopic (exact) mass is 521 g/mol. The molecule has 8 heteroatoms.